The molecule has 0 bridgehead atoms. The van der Waals surface area contributed by atoms with E-state index < -0.39 is 6.04 Å². The number of hydrogen-bond donors (Lipinski definition) is 2. The fourth-order valence-electron chi connectivity index (χ4n) is 3.25. The number of nitrogens with two attached hydrogens (primary N) is 1. The van der Waals surface area contributed by atoms with Gasteiger partial charge in [0, 0.05) is 12.1 Å². The summed E-state index contributed by atoms with van der Waals surface area (Å²) in [6, 6.07) is 0.228. The van der Waals surface area contributed by atoms with Crippen LogP contribution in [0, 0.1) is 11.8 Å². The van der Waals surface area contributed by atoms with E-state index in [0.717, 1.165) is 31.6 Å². The van der Waals surface area contributed by atoms with Crippen molar-refractivity contribution in [1.82, 2.24) is 10.2 Å². The third-order valence-corrected chi connectivity index (χ3v) is 5.04. The summed E-state index contributed by atoms with van der Waals surface area (Å²) in [7, 11) is 0. The molecule has 0 aromatic rings. The Morgan fingerprint density at radius 2 is 1.57 bits per heavy atom. The molecule has 2 amide bonds. The molecule has 3 N–H and O–H groups in total. The maximum Gasteiger partial charge on any atom is 0.242 e. The lowest BCUT2D eigenvalue weighted by Crippen LogP contribution is -2.51. The van der Waals surface area contributed by atoms with Crippen molar-refractivity contribution < 1.29 is 9.59 Å². The predicted molar refractivity (Wildman–Crippen MR) is 94.4 cm³/mol. The van der Waals surface area contributed by atoms with E-state index in [0.29, 0.717) is 12.1 Å². The summed E-state index contributed by atoms with van der Waals surface area (Å²) in [5, 5.41) is 2.72. The molecular weight excluding hydrogens is 314 g/mol. The van der Waals surface area contributed by atoms with Gasteiger partial charge < -0.3 is 16.0 Å². The van der Waals surface area contributed by atoms with Gasteiger partial charge in [-0.2, -0.15) is 0 Å². The molecule has 0 radical (unpaired) electrons. The minimum Gasteiger partial charge on any atom is -0.346 e. The second-order valence-corrected chi connectivity index (χ2v) is 7.43. The Bertz CT molecular complexity index is 405. The molecule has 0 aromatic carbocycles. The topological polar surface area (TPSA) is 75.4 Å². The van der Waals surface area contributed by atoms with Gasteiger partial charge in [0.2, 0.25) is 11.8 Å². The summed E-state index contributed by atoms with van der Waals surface area (Å²) >= 11 is 0. The third kappa shape index (κ3) is 5.64. The second kappa shape index (κ2) is 8.88. The predicted octanol–water partition coefficient (Wildman–Crippen LogP) is 2.08. The van der Waals surface area contributed by atoms with Gasteiger partial charge in [-0.15, -0.1) is 12.4 Å². The number of amides is 2. The lowest BCUT2D eigenvalue weighted by atomic mass is 9.86. The Kier molecular flexibility index (Phi) is 7.81. The van der Waals surface area contributed by atoms with Gasteiger partial charge in [0.05, 0.1) is 12.6 Å². The molecule has 134 valence electrons. The molecule has 2 rings (SSSR count). The van der Waals surface area contributed by atoms with Gasteiger partial charge in [-0.3, -0.25) is 9.59 Å². The number of nitrogens with one attached hydrogen (secondary N) is 1. The lowest BCUT2D eigenvalue weighted by molar-refractivity contribution is -0.136. The van der Waals surface area contributed by atoms with Crippen molar-refractivity contribution in [2.45, 2.75) is 77.4 Å². The zero-order chi connectivity index (χ0) is 16.3. The number of carbonyl (C=O) groups is 2. The number of halogens is 1. The Labute approximate surface area is 146 Å². The van der Waals surface area contributed by atoms with Gasteiger partial charge in [0.15, 0.2) is 0 Å². The monoisotopic (exact) mass is 345 g/mol. The van der Waals surface area contributed by atoms with Crippen LogP contribution in [0.1, 0.15) is 59.3 Å². The molecule has 0 unspecified atom stereocenters. The molecular formula is C17H32ClN3O2. The van der Waals surface area contributed by atoms with Crippen molar-refractivity contribution in [2.24, 2.45) is 17.6 Å². The second-order valence-electron chi connectivity index (χ2n) is 7.43. The van der Waals surface area contributed by atoms with Crippen LogP contribution in [0.15, 0.2) is 0 Å². The summed E-state index contributed by atoms with van der Waals surface area (Å²) in [5.41, 5.74) is 5.82. The smallest absolute Gasteiger partial charge is 0.242 e. The van der Waals surface area contributed by atoms with E-state index in [9.17, 15) is 9.59 Å². The summed E-state index contributed by atoms with van der Waals surface area (Å²) in [6.07, 6.45) is 6.82. The van der Waals surface area contributed by atoms with Crippen molar-refractivity contribution in [3.8, 4) is 0 Å². The van der Waals surface area contributed by atoms with Gasteiger partial charge >= 0.3 is 0 Å². The van der Waals surface area contributed by atoms with Crippen LogP contribution in [-0.4, -0.2) is 41.4 Å². The van der Waals surface area contributed by atoms with Crippen LogP contribution in [0.3, 0.4) is 0 Å². The molecule has 0 aromatic heterocycles. The average Bonchev–Trinajstić information content (AvgIpc) is 3.30. The Balaban J connectivity index is 0.00000264. The average molecular weight is 346 g/mol. The molecule has 2 fully saturated rings. The van der Waals surface area contributed by atoms with E-state index in [1.54, 1.807) is 0 Å². The standard InChI is InChI=1S/C17H31N3O2.ClH/c1-11(2)16(18)17(22)19-10-15(21)20(14-8-9-14)13-6-4-12(3)5-7-13;/h11-14,16H,4-10,18H2,1-3H3,(H,19,22);1H/t12?,13?,16-;/m0./s1. The van der Waals surface area contributed by atoms with Gasteiger partial charge in [0.1, 0.15) is 0 Å². The summed E-state index contributed by atoms with van der Waals surface area (Å²) in [6.45, 7) is 6.19. The van der Waals surface area contributed by atoms with E-state index in [2.05, 4.69) is 17.1 Å². The van der Waals surface area contributed by atoms with Crippen LogP contribution < -0.4 is 11.1 Å². The number of carbonyl (C=O) groups excluding carboxylic acids is 2. The molecule has 2 aliphatic carbocycles. The van der Waals surface area contributed by atoms with Crippen LogP contribution in [0.25, 0.3) is 0 Å². The largest absolute Gasteiger partial charge is 0.346 e. The molecule has 23 heavy (non-hydrogen) atoms. The fourth-order valence-corrected chi connectivity index (χ4v) is 3.25. The summed E-state index contributed by atoms with van der Waals surface area (Å²) in [5.74, 6) is 0.688. The first kappa shape index (κ1) is 20.2. The molecule has 0 heterocycles. The van der Waals surface area contributed by atoms with E-state index in [4.69, 9.17) is 5.73 Å². The highest BCUT2D eigenvalue weighted by Crippen LogP contribution is 2.35. The third-order valence-electron chi connectivity index (χ3n) is 5.04. The minimum atomic E-state index is -0.544. The molecule has 2 saturated carbocycles. The van der Waals surface area contributed by atoms with E-state index >= 15 is 0 Å². The Morgan fingerprint density at radius 3 is 2.00 bits per heavy atom. The van der Waals surface area contributed by atoms with Crippen molar-refractivity contribution in [1.29, 1.82) is 0 Å². The van der Waals surface area contributed by atoms with Gasteiger partial charge in [-0.25, -0.2) is 0 Å². The Morgan fingerprint density at radius 1 is 1.09 bits per heavy atom. The number of nitrogens with zero attached hydrogens (tertiary/aromatic N) is 1. The molecule has 5 nitrogen and oxygen atoms in total. The van der Waals surface area contributed by atoms with Crippen LogP contribution in [0.4, 0.5) is 0 Å². The van der Waals surface area contributed by atoms with Crippen molar-refractivity contribution in [2.75, 3.05) is 6.54 Å². The lowest BCUT2D eigenvalue weighted by Gasteiger charge is -2.36. The zero-order valence-corrected chi connectivity index (χ0v) is 15.4. The first-order valence-electron chi connectivity index (χ1n) is 8.74. The highest BCUT2D eigenvalue weighted by molar-refractivity contribution is 5.87. The van der Waals surface area contributed by atoms with Crippen LogP contribution in [0.5, 0.6) is 0 Å². The molecule has 2 aliphatic rings. The van der Waals surface area contributed by atoms with Crippen molar-refractivity contribution in [3.63, 3.8) is 0 Å². The maximum absolute atomic E-state index is 12.6. The summed E-state index contributed by atoms with van der Waals surface area (Å²) in [4.78, 5) is 26.5. The zero-order valence-electron chi connectivity index (χ0n) is 14.6. The highest BCUT2D eigenvalue weighted by Gasteiger charge is 2.38. The highest BCUT2D eigenvalue weighted by atomic mass is 35.5. The normalized spacial score (nSPS) is 25.4. The minimum absolute atomic E-state index is 0. The van der Waals surface area contributed by atoms with Crippen LogP contribution in [-0.2, 0) is 9.59 Å². The molecule has 6 heteroatoms. The molecule has 0 saturated heterocycles. The van der Waals surface area contributed by atoms with Crippen LogP contribution >= 0.6 is 12.4 Å². The van der Waals surface area contributed by atoms with Gasteiger partial charge in [-0.1, -0.05) is 20.8 Å². The Hall–Kier alpha value is -0.810. The molecule has 0 spiro atoms. The quantitative estimate of drug-likeness (QED) is 0.773. The maximum atomic E-state index is 12.6. The van der Waals surface area contributed by atoms with E-state index in [-0.39, 0.29) is 36.7 Å². The summed E-state index contributed by atoms with van der Waals surface area (Å²) < 4.78 is 0. The first-order valence-corrected chi connectivity index (χ1v) is 8.74. The van der Waals surface area contributed by atoms with Gasteiger partial charge in [0.25, 0.3) is 0 Å². The number of hydrogen-bond acceptors (Lipinski definition) is 3. The fraction of sp³-hybridized carbons (Fsp3) is 0.882. The van der Waals surface area contributed by atoms with Gasteiger partial charge in [-0.05, 0) is 50.4 Å². The van der Waals surface area contributed by atoms with E-state index in [1.807, 2.05) is 13.8 Å². The van der Waals surface area contributed by atoms with Crippen molar-refractivity contribution in [3.05, 3.63) is 0 Å². The SMILES string of the molecule is CC1CCC(N(C(=O)CNC(=O)[C@@H](N)C(C)C)C2CC2)CC1.Cl. The molecule has 1 atom stereocenters. The van der Waals surface area contributed by atoms with Crippen molar-refractivity contribution >= 4 is 24.2 Å². The first-order chi connectivity index (χ1) is 10.4. The molecule has 0 aliphatic heterocycles. The number of rotatable bonds is 6. The van der Waals surface area contributed by atoms with Crippen LogP contribution in [0.2, 0.25) is 0 Å². The van der Waals surface area contributed by atoms with E-state index in [1.165, 1.54) is 12.8 Å².